The zero-order valence-electron chi connectivity index (χ0n) is 3.00. The summed E-state index contributed by atoms with van der Waals surface area (Å²) in [6, 6.07) is 0. The molecule has 0 spiro atoms. The zero-order chi connectivity index (χ0) is 4.99. The Morgan fingerprint density at radius 3 is 2.33 bits per heavy atom. The first-order valence-corrected chi connectivity index (χ1v) is 1.29. The average molecular weight is 82.9 g/mol. The average Bonchev–Trinajstić information content (AvgIpc) is 1.35. The van der Waals surface area contributed by atoms with E-state index in [2.05, 4.69) is 7.85 Å². The van der Waals surface area contributed by atoms with Crippen LogP contribution in [0.25, 0.3) is 0 Å². The van der Waals surface area contributed by atoms with Gasteiger partial charge in [0.05, 0.1) is 4.92 Å². The molecular formula is C2H2BNO2. The molecule has 3 nitrogen and oxygen atoms in total. The van der Waals surface area contributed by atoms with Gasteiger partial charge in [0.15, 0.2) is 0 Å². The Hall–Kier alpha value is -0.795. The van der Waals surface area contributed by atoms with E-state index in [1.165, 1.54) is 0 Å². The van der Waals surface area contributed by atoms with Gasteiger partial charge in [0.25, 0.3) is 0 Å². The third-order valence-corrected chi connectivity index (χ3v) is 0.208. The van der Waals surface area contributed by atoms with E-state index in [1.807, 2.05) is 0 Å². The van der Waals surface area contributed by atoms with Crippen LogP contribution in [0.5, 0.6) is 0 Å². The lowest BCUT2D eigenvalue weighted by Crippen LogP contribution is -1.80. The van der Waals surface area contributed by atoms with Crippen LogP contribution in [0.4, 0.5) is 0 Å². The van der Waals surface area contributed by atoms with Crippen molar-refractivity contribution in [3.63, 3.8) is 0 Å². The molecule has 0 amide bonds. The highest BCUT2D eigenvalue weighted by Crippen LogP contribution is 1.63. The summed E-state index contributed by atoms with van der Waals surface area (Å²) in [5.74, 6) is 0.875. The molecule has 0 rings (SSSR count). The van der Waals surface area contributed by atoms with E-state index in [1.54, 1.807) is 0 Å². The molecule has 0 atom stereocenters. The highest BCUT2D eigenvalue weighted by molar-refractivity contribution is 6.16. The van der Waals surface area contributed by atoms with Crippen LogP contribution in [0.2, 0.25) is 0 Å². The summed E-state index contributed by atoms with van der Waals surface area (Å²) in [4.78, 5) is 8.61. The maximum absolute atomic E-state index is 9.24. The largest absolute Gasteiger partial charge is 0.259 e. The van der Waals surface area contributed by atoms with Gasteiger partial charge in [-0.05, 0) is 0 Å². The van der Waals surface area contributed by atoms with E-state index < -0.39 is 4.92 Å². The molecule has 0 aromatic heterocycles. The van der Waals surface area contributed by atoms with E-state index in [0.717, 1.165) is 5.98 Å². The van der Waals surface area contributed by atoms with Crippen molar-refractivity contribution in [1.29, 1.82) is 0 Å². The van der Waals surface area contributed by atoms with Gasteiger partial charge in [-0.15, -0.1) is 0 Å². The number of rotatable bonds is 1. The third kappa shape index (κ3) is 3.20. The molecule has 0 unspecified atom stereocenters. The van der Waals surface area contributed by atoms with Crippen molar-refractivity contribution in [2.45, 2.75) is 0 Å². The van der Waals surface area contributed by atoms with Crippen molar-refractivity contribution in [2.75, 3.05) is 0 Å². The second-order valence-corrected chi connectivity index (χ2v) is 0.627. The fraction of sp³-hybridized carbons (Fsp3) is 0. The second-order valence-electron chi connectivity index (χ2n) is 0.627. The normalized spacial score (nSPS) is 9.33. The molecule has 6 heavy (non-hydrogen) atoms. The van der Waals surface area contributed by atoms with Crippen LogP contribution >= 0.6 is 0 Å². The van der Waals surface area contributed by atoms with Crippen LogP contribution in [0.1, 0.15) is 0 Å². The lowest BCUT2D eigenvalue weighted by molar-refractivity contribution is -0.402. The van der Waals surface area contributed by atoms with E-state index >= 15 is 0 Å². The molecule has 30 valence electrons. The highest BCUT2D eigenvalue weighted by Gasteiger charge is 1.73. The first kappa shape index (κ1) is 5.20. The molecule has 0 heterocycles. The van der Waals surface area contributed by atoms with Crippen molar-refractivity contribution >= 4 is 7.85 Å². The Labute approximate surface area is 36.2 Å². The molecule has 4 heteroatoms. The van der Waals surface area contributed by atoms with Crippen molar-refractivity contribution < 1.29 is 4.92 Å². The number of hydrogen-bond acceptors (Lipinski definition) is 2. The zero-order valence-corrected chi connectivity index (χ0v) is 3.00. The fourth-order valence-electron chi connectivity index (χ4n) is 0.0703. The summed E-state index contributed by atoms with van der Waals surface area (Å²) >= 11 is 0. The molecule has 0 aliphatic carbocycles. The Morgan fingerprint density at radius 2 is 2.33 bits per heavy atom. The molecule has 0 aromatic rings. The van der Waals surface area contributed by atoms with Crippen LogP contribution < -0.4 is 0 Å². The smallest absolute Gasteiger partial charge is 0.220 e. The van der Waals surface area contributed by atoms with E-state index in [0.29, 0.717) is 6.20 Å². The molecule has 0 N–H and O–H groups in total. The van der Waals surface area contributed by atoms with Gasteiger partial charge in [-0.2, -0.15) is 0 Å². The number of nitrogens with zero attached hydrogens (tertiary/aromatic N) is 1. The monoisotopic (exact) mass is 83.0 g/mol. The Morgan fingerprint density at radius 1 is 1.83 bits per heavy atom. The first-order valence-electron chi connectivity index (χ1n) is 1.29. The summed E-state index contributed by atoms with van der Waals surface area (Å²) in [7, 11) is 4.61. The van der Waals surface area contributed by atoms with Crippen LogP contribution in [0, 0.1) is 10.1 Å². The van der Waals surface area contributed by atoms with Crippen LogP contribution in [0.3, 0.4) is 0 Å². The lowest BCUT2D eigenvalue weighted by Gasteiger charge is -1.69. The molecule has 0 aromatic carbocycles. The third-order valence-electron chi connectivity index (χ3n) is 0.208. The molecule has 0 fully saturated rings. The van der Waals surface area contributed by atoms with E-state index in [4.69, 9.17) is 0 Å². The lowest BCUT2D eigenvalue weighted by atomic mass is 10.2. The minimum atomic E-state index is -0.625. The van der Waals surface area contributed by atoms with E-state index in [9.17, 15) is 10.1 Å². The molecule has 2 radical (unpaired) electrons. The second kappa shape index (κ2) is 2.44. The predicted molar refractivity (Wildman–Crippen MR) is 21.9 cm³/mol. The minimum absolute atomic E-state index is 0.625. The number of hydrogen-bond donors (Lipinski definition) is 0. The quantitative estimate of drug-likeness (QED) is 0.252. The van der Waals surface area contributed by atoms with Crippen molar-refractivity contribution in [3.8, 4) is 0 Å². The van der Waals surface area contributed by atoms with Crippen molar-refractivity contribution in [1.82, 2.24) is 0 Å². The van der Waals surface area contributed by atoms with Crippen molar-refractivity contribution in [2.24, 2.45) is 0 Å². The van der Waals surface area contributed by atoms with Gasteiger partial charge in [-0.3, -0.25) is 10.1 Å². The minimum Gasteiger partial charge on any atom is -0.259 e. The Bertz CT molecular complexity index is 79.6. The molecule has 0 saturated carbocycles. The van der Waals surface area contributed by atoms with Crippen LogP contribution in [-0.2, 0) is 0 Å². The number of nitro groups is 1. The highest BCUT2D eigenvalue weighted by atomic mass is 16.6. The van der Waals surface area contributed by atoms with Gasteiger partial charge in [0.2, 0.25) is 6.20 Å². The Kier molecular flexibility index (Phi) is 2.12. The van der Waals surface area contributed by atoms with Gasteiger partial charge < -0.3 is 0 Å². The summed E-state index contributed by atoms with van der Waals surface area (Å²) in [6.45, 7) is 0. The van der Waals surface area contributed by atoms with Gasteiger partial charge in [-0.25, -0.2) is 0 Å². The predicted octanol–water partition coefficient (Wildman–Crippen LogP) is -0.0972. The standard InChI is InChI=1S/C2H2BNO2/c3-1-2-4(5)6/h1-2H/b2-1+. The molecule has 0 saturated heterocycles. The van der Waals surface area contributed by atoms with Gasteiger partial charge in [0, 0.05) is 0 Å². The SMILES string of the molecule is [B]/C=C/[N+](=O)[O-]. The maximum Gasteiger partial charge on any atom is 0.220 e. The first-order chi connectivity index (χ1) is 2.77. The molecule has 0 bridgehead atoms. The van der Waals surface area contributed by atoms with Crippen LogP contribution in [0.15, 0.2) is 12.2 Å². The molecule has 0 aliphatic rings. The fourth-order valence-corrected chi connectivity index (χ4v) is 0.0703. The van der Waals surface area contributed by atoms with Gasteiger partial charge in [0.1, 0.15) is 7.85 Å². The van der Waals surface area contributed by atoms with E-state index in [-0.39, 0.29) is 0 Å². The summed E-state index contributed by atoms with van der Waals surface area (Å²) in [6.07, 6.45) is 0.667. The van der Waals surface area contributed by atoms with Crippen LogP contribution in [-0.4, -0.2) is 12.8 Å². The maximum atomic E-state index is 9.24. The summed E-state index contributed by atoms with van der Waals surface area (Å²) in [5.41, 5.74) is 0. The van der Waals surface area contributed by atoms with Gasteiger partial charge in [-0.1, -0.05) is 5.98 Å². The van der Waals surface area contributed by atoms with Gasteiger partial charge >= 0.3 is 0 Å². The molecular weight excluding hydrogens is 80.8 g/mol. The topological polar surface area (TPSA) is 43.1 Å². The van der Waals surface area contributed by atoms with Crippen molar-refractivity contribution in [3.05, 3.63) is 22.3 Å². The Balaban J connectivity index is 3.30. The summed E-state index contributed by atoms with van der Waals surface area (Å²) < 4.78 is 0. The summed E-state index contributed by atoms with van der Waals surface area (Å²) in [5, 5.41) is 9.24. The molecule has 0 aliphatic heterocycles.